The first-order chi connectivity index (χ1) is 20.9. The number of amides is 3. The van der Waals surface area contributed by atoms with Gasteiger partial charge in [-0.25, -0.2) is 15.2 Å². The topological polar surface area (TPSA) is 125 Å². The van der Waals surface area contributed by atoms with E-state index in [-0.39, 0.29) is 30.8 Å². The van der Waals surface area contributed by atoms with Crippen molar-refractivity contribution in [1.29, 1.82) is 0 Å². The van der Waals surface area contributed by atoms with Crippen LogP contribution in [-0.4, -0.2) is 73.6 Å². The maximum Gasteiger partial charge on any atom is 0.333 e. The van der Waals surface area contributed by atoms with Crippen molar-refractivity contribution in [3.63, 3.8) is 0 Å². The number of benzene rings is 3. The molecule has 4 N–H and O–H groups in total. The predicted molar refractivity (Wildman–Crippen MR) is 163 cm³/mol. The summed E-state index contributed by atoms with van der Waals surface area (Å²) in [4.78, 5) is 29.1. The van der Waals surface area contributed by atoms with Crippen molar-refractivity contribution in [2.75, 3.05) is 34.4 Å². The van der Waals surface area contributed by atoms with E-state index in [9.17, 15) is 14.7 Å². The Kier molecular flexibility index (Phi) is 10.8. The Morgan fingerprint density at radius 3 is 2.40 bits per heavy atom. The van der Waals surface area contributed by atoms with Gasteiger partial charge in [0.2, 0.25) is 11.7 Å². The van der Waals surface area contributed by atoms with Crippen molar-refractivity contribution in [3.8, 4) is 23.0 Å². The Hall–Kier alpha value is -4.74. The van der Waals surface area contributed by atoms with E-state index >= 15 is 0 Å². The van der Waals surface area contributed by atoms with Crippen molar-refractivity contribution >= 4 is 11.9 Å². The lowest BCUT2D eigenvalue weighted by Gasteiger charge is -2.43. The minimum Gasteiger partial charge on any atom is -0.508 e. The zero-order chi connectivity index (χ0) is 30.8. The van der Waals surface area contributed by atoms with Gasteiger partial charge in [-0.05, 0) is 41.8 Å². The SMILES string of the molecule is C=CCNN(C(=O)NCc1ccccc1)[C@H]1CN(Cc2ccc(OC)c(OC)c2OC)C(=O)[C@H](Cc2ccc(O)cc2)N1. The van der Waals surface area contributed by atoms with E-state index in [1.807, 2.05) is 36.4 Å². The molecule has 3 aromatic rings. The standard InChI is InChI=1S/C32H39N5O6/c1-5-17-34-37(32(40)33-19-23-9-7-6-8-10-23)28-21-36(20-24-13-16-27(41-2)30(43-4)29(24)42-3)31(39)26(35-28)18-22-11-14-25(38)15-12-22/h5-16,26,28,34-35,38H,1,17-21H2,2-4H3,(H,33,40)/t26-,28-/m0/s1. The Labute approximate surface area is 252 Å². The number of nitrogens with zero attached hydrogens (tertiary/aromatic N) is 2. The van der Waals surface area contributed by atoms with Crippen LogP contribution in [0.5, 0.6) is 23.0 Å². The van der Waals surface area contributed by atoms with Gasteiger partial charge >= 0.3 is 6.03 Å². The zero-order valence-corrected chi connectivity index (χ0v) is 24.7. The molecule has 3 aromatic carbocycles. The third kappa shape index (κ3) is 7.76. The lowest BCUT2D eigenvalue weighted by molar-refractivity contribution is -0.140. The fourth-order valence-corrected chi connectivity index (χ4v) is 5.03. The molecular formula is C32H39N5O6. The number of aromatic hydroxyl groups is 1. The minimum absolute atomic E-state index is 0.140. The van der Waals surface area contributed by atoms with Crippen LogP contribution in [0, 0.1) is 0 Å². The van der Waals surface area contributed by atoms with Gasteiger partial charge in [-0.15, -0.1) is 6.58 Å². The Bertz CT molecular complexity index is 1390. The largest absolute Gasteiger partial charge is 0.508 e. The molecule has 1 aliphatic rings. The molecule has 1 fully saturated rings. The second kappa shape index (κ2) is 14.9. The van der Waals surface area contributed by atoms with Crippen LogP contribution >= 0.6 is 0 Å². The fraction of sp³-hybridized carbons (Fsp3) is 0.312. The van der Waals surface area contributed by atoms with Gasteiger partial charge in [0.25, 0.3) is 0 Å². The average Bonchev–Trinajstić information content (AvgIpc) is 3.03. The number of hydrogen-bond donors (Lipinski definition) is 4. The Balaban J connectivity index is 1.64. The van der Waals surface area contributed by atoms with Crippen molar-refractivity contribution in [2.24, 2.45) is 0 Å². The lowest BCUT2D eigenvalue weighted by atomic mass is 10.0. The molecule has 11 heteroatoms. The molecule has 1 heterocycles. The summed E-state index contributed by atoms with van der Waals surface area (Å²) in [6, 6.07) is 18.9. The summed E-state index contributed by atoms with van der Waals surface area (Å²) in [6.07, 6.45) is 1.41. The van der Waals surface area contributed by atoms with Crippen molar-refractivity contribution in [2.45, 2.75) is 31.7 Å². The molecule has 0 radical (unpaired) electrons. The number of carbonyl (C=O) groups is 2. The summed E-state index contributed by atoms with van der Waals surface area (Å²) >= 11 is 0. The average molecular weight is 590 g/mol. The molecular weight excluding hydrogens is 550 g/mol. The van der Waals surface area contributed by atoms with Crippen molar-refractivity contribution in [1.82, 2.24) is 26.0 Å². The van der Waals surface area contributed by atoms with Gasteiger partial charge in [-0.3, -0.25) is 10.1 Å². The van der Waals surface area contributed by atoms with Crippen LogP contribution in [-0.2, 0) is 24.3 Å². The highest BCUT2D eigenvalue weighted by atomic mass is 16.5. The number of carbonyl (C=O) groups excluding carboxylic acids is 2. The predicted octanol–water partition coefficient (Wildman–Crippen LogP) is 3.19. The summed E-state index contributed by atoms with van der Waals surface area (Å²) in [6.45, 7) is 4.83. The van der Waals surface area contributed by atoms with Crippen LogP contribution in [0.25, 0.3) is 0 Å². The van der Waals surface area contributed by atoms with Gasteiger partial charge in [0.15, 0.2) is 11.5 Å². The van der Waals surface area contributed by atoms with Crippen LogP contribution in [0.2, 0.25) is 0 Å². The molecule has 1 saturated heterocycles. The van der Waals surface area contributed by atoms with Crippen LogP contribution in [0.3, 0.4) is 0 Å². The van der Waals surface area contributed by atoms with E-state index < -0.39 is 12.2 Å². The lowest BCUT2D eigenvalue weighted by Crippen LogP contribution is -2.69. The number of hydrogen-bond acceptors (Lipinski definition) is 8. The second-order valence-electron chi connectivity index (χ2n) is 9.98. The second-order valence-corrected chi connectivity index (χ2v) is 9.98. The van der Waals surface area contributed by atoms with Gasteiger partial charge in [0, 0.05) is 25.2 Å². The maximum atomic E-state index is 13.9. The smallest absolute Gasteiger partial charge is 0.333 e. The van der Waals surface area contributed by atoms with E-state index in [0.29, 0.717) is 36.8 Å². The van der Waals surface area contributed by atoms with E-state index in [0.717, 1.165) is 16.7 Å². The molecule has 0 bridgehead atoms. The summed E-state index contributed by atoms with van der Waals surface area (Å²) in [5, 5.41) is 17.6. The van der Waals surface area contributed by atoms with Gasteiger partial charge < -0.3 is 29.5 Å². The van der Waals surface area contributed by atoms with E-state index in [1.165, 1.54) is 19.2 Å². The molecule has 0 aromatic heterocycles. The molecule has 3 amide bonds. The third-order valence-electron chi connectivity index (χ3n) is 7.14. The third-order valence-corrected chi connectivity index (χ3v) is 7.14. The van der Waals surface area contributed by atoms with Gasteiger partial charge in [-0.2, -0.15) is 0 Å². The van der Waals surface area contributed by atoms with E-state index in [4.69, 9.17) is 14.2 Å². The summed E-state index contributed by atoms with van der Waals surface area (Å²) in [5.74, 6) is 1.39. The zero-order valence-electron chi connectivity index (χ0n) is 24.7. The van der Waals surface area contributed by atoms with E-state index in [2.05, 4.69) is 22.6 Å². The number of methoxy groups -OCH3 is 3. The quantitative estimate of drug-likeness (QED) is 0.177. The number of phenolic OH excluding ortho intramolecular Hbond substituents is 1. The number of piperazine rings is 1. The van der Waals surface area contributed by atoms with Gasteiger partial charge in [-0.1, -0.05) is 48.5 Å². The van der Waals surface area contributed by atoms with E-state index in [1.54, 1.807) is 48.4 Å². The summed E-state index contributed by atoms with van der Waals surface area (Å²) < 4.78 is 16.7. The first-order valence-electron chi connectivity index (χ1n) is 13.9. The highest BCUT2D eigenvalue weighted by Crippen LogP contribution is 2.40. The van der Waals surface area contributed by atoms with Crippen molar-refractivity contribution < 1.29 is 28.9 Å². The number of nitrogens with one attached hydrogen (secondary N) is 3. The summed E-state index contributed by atoms with van der Waals surface area (Å²) in [7, 11) is 4.61. The number of urea groups is 1. The number of ether oxygens (including phenoxy) is 3. The highest BCUT2D eigenvalue weighted by molar-refractivity contribution is 5.84. The molecule has 2 atom stereocenters. The molecule has 0 saturated carbocycles. The number of rotatable bonds is 13. The minimum atomic E-state index is -0.663. The Morgan fingerprint density at radius 1 is 1.02 bits per heavy atom. The maximum absolute atomic E-state index is 13.9. The molecule has 4 rings (SSSR count). The van der Waals surface area contributed by atoms with Gasteiger partial charge in [0.05, 0.1) is 33.9 Å². The van der Waals surface area contributed by atoms with Crippen LogP contribution in [0.15, 0.2) is 79.4 Å². The van der Waals surface area contributed by atoms with Crippen LogP contribution in [0.1, 0.15) is 16.7 Å². The van der Waals surface area contributed by atoms with Gasteiger partial charge in [0.1, 0.15) is 11.9 Å². The molecule has 228 valence electrons. The first-order valence-corrected chi connectivity index (χ1v) is 13.9. The van der Waals surface area contributed by atoms with Crippen LogP contribution < -0.4 is 30.3 Å². The highest BCUT2D eigenvalue weighted by Gasteiger charge is 2.38. The molecule has 0 aliphatic carbocycles. The summed E-state index contributed by atoms with van der Waals surface area (Å²) in [5.41, 5.74) is 5.66. The molecule has 1 aliphatic heterocycles. The number of hydrazine groups is 1. The van der Waals surface area contributed by atoms with Crippen LogP contribution in [0.4, 0.5) is 4.79 Å². The monoisotopic (exact) mass is 589 g/mol. The van der Waals surface area contributed by atoms with Crippen molar-refractivity contribution in [3.05, 3.63) is 96.1 Å². The molecule has 0 spiro atoms. The molecule has 43 heavy (non-hydrogen) atoms. The fourth-order valence-electron chi connectivity index (χ4n) is 5.03. The normalized spacial score (nSPS) is 16.3. The molecule has 0 unspecified atom stereocenters. The number of phenols is 1. The molecule has 11 nitrogen and oxygen atoms in total. The first kappa shape index (κ1) is 31.2. The Morgan fingerprint density at radius 2 is 1.74 bits per heavy atom.